The van der Waals surface area contributed by atoms with E-state index in [0.29, 0.717) is 28.2 Å². The van der Waals surface area contributed by atoms with Crippen molar-refractivity contribution in [2.75, 3.05) is 6.54 Å². The molecule has 3 heterocycles. The van der Waals surface area contributed by atoms with Gasteiger partial charge in [0.05, 0.1) is 4.91 Å². The maximum absolute atomic E-state index is 12.9. The van der Waals surface area contributed by atoms with Crippen LogP contribution in [-0.4, -0.2) is 27.5 Å². The smallest absolute Gasteiger partial charge is 0.267 e. The maximum Gasteiger partial charge on any atom is 0.267 e. The monoisotopic (exact) mass is 479 g/mol. The molecule has 0 N–H and O–H groups in total. The van der Waals surface area contributed by atoms with Crippen LogP contribution < -0.4 is 0 Å². The van der Waals surface area contributed by atoms with Crippen molar-refractivity contribution >= 4 is 50.7 Å². The van der Waals surface area contributed by atoms with Crippen LogP contribution in [0.15, 0.2) is 86.0 Å². The number of pyridine rings is 1. The highest BCUT2D eigenvalue weighted by atomic mass is 79.9. The number of hydrogen-bond donors (Lipinski definition) is 0. The van der Waals surface area contributed by atoms with Crippen LogP contribution in [0.25, 0.3) is 17.4 Å². The van der Waals surface area contributed by atoms with Gasteiger partial charge in [0.25, 0.3) is 5.91 Å². The van der Waals surface area contributed by atoms with E-state index in [-0.39, 0.29) is 5.91 Å². The minimum Gasteiger partial charge on any atom is -0.457 e. The van der Waals surface area contributed by atoms with Crippen LogP contribution in [0.2, 0.25) is 0 Å². The van der Waals surface area contributed by atoms with Crippen molar-refractivity contribution in [1.29, 1.82) is 0 Å². The molecule has 0 unspecified atom stereocenters. The number of carbonyl (C=O) groups is 1. The molecule has 1 aliphatic rings. The number of hydrogen-bond acceptors (Lipinski definition) is 5. The molecule has 0 atom stereocenters. The summed E-state index contributed by atoms with van der Waals surface area (Å²) in [5.74, 6) is 1.78. The molecule has 5 nitrogen and oxygen atoms in total. The lowest BCUT2D eigenvalue weighted by Crippen LogP contribution is -2.29. The zero-order valence-electron chi connectivity index (χ0n) is 16.2. The molecule has 0 bridgehead atoms. The van der Waals surface area contributed by atoms with E-state index >= 15 is 0 Å². The Balaban J connectivity index is 1.63. The van der Waals surface area contributed by atoms with Gasteiger partial charge in [-0.05, 0) is 55.1 Å². The first-order chi connectivity index (χ1) is 14.5. The van der Waals surface area contributed by atoms with Crippen molar-refractivity contribution in [3.05, 3.63) is 88.1 Å². The summed E-state index contributed by atoms with van der Waals surface area (Å²) >= 11 is 4.73. The fourth-order valence-corrected chi connectivity index (χ4v) is 4.14. The molecular weight excluding hydrogens is 462 g/mol. The number of halogens is 1. The van der Waals surface area contributed by atoms with E-state index in [4.69, 9.17) is 4.42 Å². The highest BCUT2D eigenvalue weighted by molar-refractivity contribution is 9.10. The van der Waals surface area contributed by atoms with Gasteiger partial charge < -0.3 is 4.42 Å². The standard InChI is InChI=1S/C23H18BrN3O2S/c1-3-13-27-22(28)20(30-23(27)26-21-6-4-5-15(2)25-21)14-18-11-12-19(29-18)16-7-9-17(24)10-8-16/h3-12,14H,1,13H2,2H3/b20-14+,26-23+. The van der Waals surface area contributed by atoms with Crippen LogP contribution in [-0.2, 0) is 4.79 Å². The van der Waals surface area contributed by atoms with E-state index in [2.05, 4.69) is 32.5 Å². The second-order valence-electron chi connectivity index (χ2n) is 6.56. The molecule has 1 aliphatic heterocycles. The predicted octanol–water partition coefficient (Wildman–Crippen LogP) is 6.20. The normalized spacial score (nSPS) is 16.6. The summed E-state index contributed by atoms with van der Waals surface area (Å²) in [6, 6.07) is 17.2. The lowest BCUT2D eigenvalue weighted by atomic mass is 10.2. The largest absolute Gasteiger partial charge is 0.457 e. The molecule has 150 valence electrons. The van der Waals surface area contributed by atoms with Crippen LogP contribution in [0.1, 0.15) is 11.5 Å². The summed E-state index contributed by atoms with van der Waals surface area (Å²) in [5.41, 5.74) is 1.84. The summed E-state index contributed by atoms with van der Waals surface area (Å²) in [4.78, 5) is 24.0. The lowest BCUT2D eigenvalue weighted by Gasteiger charge is -2.12. The Labute approximate surface area is 187 Å². The SMILES string of the molecule is C=CCN1C(=O)/C(=C\c2ccc(-c3ccc(Br)cc3)o2)S/C1=N/c1cccc(C)n1. The molecular formula is C23H18BrN3O2S. The maximum atomic E-state index is 12.9. The zero-order chi connectivity index (χ0) is 21.1. The fourth-order valence-electron chi connectivity index (χ4n) is 2.90. The minimum absolute atomic E-state index is 0.132. The molecule has 7 heteroatoms. The number of amides is 1. The quantitative estimate of drug-likeness (QED) is 0.322. The number of amidine groups is 1. The van der Waals surface area contributed by atoms with Gasteiger partial charge >= 0.3 is 0 Å². The number of aryl methyl sites for hydroxylation is 1. The van der Waals surface area contributed by atoms with Crippen LogP contribution in [0.5, 0.6) is 0 Å². The first kappa shape index (κ1) is 20.4. The van der Waals surface area contributed by atoms with E-state index in [0.717, 1.165) is 21.5 Å². The van der Waals surface area contributed by atoms with Crippen LogP contribution in [0.3, 0.4) is 0 Å². The molecule has 2 aromatic heterocycles. The number of thioether (sulfide) groups is 1. The van der Waals surface area contributed by atoms with Gasteiger partial charge in [0.2, 0.25) is 0 Å². The molecule has 0 radical (unpaired) electrons. The summed E-state index contributed by atoms with van der Waals surface area (Å²) in [5, 5.41) is 0.573. The van der Waals surface area contributed by atoms with Crippen molar-refractivity contribution in [2.24, 2.45) is 4.99 Å². The predicted molar refractivity (Wildman–Crippen MR) is 125 cm³/mol. The summed E-state index contributed by atoms with van der Waals surface area (Å²) in [6.07, 6.45) is 3.43. The van der Waals surface area contributed by atoms with Crippen molar-refractivity contribution in [2.45, 2.75) is 6.92 Å². The zero-order valence-corrected chi connectivity index (χ0v) is 18.6. The summed E-state index contributed by atoms with van der Waals surface area (Å²) in [6.45, 7) is 6.03. The molecule has 4 rings (SSSR count). The van der Waals surface area contributed by atoms with Crippen molar-refractivity contribution in [3.63, 3.8) is 0 Å². The van der Waals surface area contributed by atoms with Crippen LogP contribution >= 0.6 is 27.7 Å². The van der Waals surface area contributed by atoms with Crippen molar-refractivity contribution in [1.82, 2.24) is 9.88 Å². The highest BCUT2D eigenvalue weighted by Crippen LogP contribution is 2.34. The third-order valence-electron chi connectivity index (χ3n) is 4.31. The number of aliphatic imine (C=N–C) groups is 1. The van der Waals surface area contributed by atoms with E-state index in [1.807, 2.05) is 61.5 Å². The fraction of sp³-hybridized carbons (Fsp3) is 0.0870. The Morgan fingerprint density at radius 2 is 2.00 bits per heavy atom. The molecule has 1 fully saturated rings. The number of nitrogens with zero attached hydrogens (tertiary/aromatic N) is 3. The molecule has 0 saturated carbocycles. The third kappa shape index (κ3) is 4.47. The van der Waals surface area contributed by atoms with Gasteiger partial charge in [0, 0.05) is 28.4 Å². The highest BCUT2D eigenvalue weighted by Gasteiger charge is 2.33. The second-order valence-corrected chi connectivity index (χ2v) is 8.48. The Kier molecular flexibility index (Phi) is 6.01. The molecule has 0 spiro atoms. The van der Waals surface area contributed by atoms with Crippen LogP contribution in [0.4, 0.5) is 5.82 Å². The topological polar surface area (TPSA) is 58.7 Å². The number of rotatable bonds is 5. The third-order valence-corrected chi connectivity index (χ3v) is 5.85. The molecule has 1 amide bonds. The molecule has 3 aromatic rings. The first-order valence-corrected chi connectivity index (χ1v) is 10.8. The Hall–Kier alpha value is -2.90. The van der Waals surface area contributed by atoms with Gasteiger partial charge in [0.15, 0.2) is 11.0 Å². The number of benzene rings is 1. The minimum atomic E-state index is -0.132. The van der Waals surface area contributed by atoms with E-state index in [1.165, 1.54) is 11.8 Å². The molecule has 1 aromatic carbocycles. The van der Waals surface area contributed by atoms with Crippen molar-refractivity contribution < 1.29 is 9.21 Å². The first-order valence-electron chi connectivity index (χ1n) is 9.24. The van der Waals surface area contributed by atoms with Gasteiger partial charge in [-0.2, -0.15) is 0 Å². The number of aromatic nitrogens is 1. The van der Waals surface area contributed by atoms with Crippen molar-refractivity contribution in [3.8, 4) is 11.3 Å². The van der Waals surface area contributed by atoms with Gasteiger partial charge in [-0.3, -0.25) is 9.69 Å². The Morgan fingerprint density at radius 3 is 2.73 bits per heavy atom. The summed E-state index contributed by atoms with van der Waals surface area (Å²) < 4.78 is 6.94. The van der Waals surface area contributed by atoms with E-state index in [9.17, 15) is 4.79 Å². The Morgan fingerprint density at radius 1 is 1.20 bits per heavy atom. The number of furan rings is 1. The van der Waals surface area contributed by atoms with Gasteiger partial charge in [-0.25, -0.2) is 9.98 Å². The van der Waals surface area contributed by atoms with E-state index < -0.39 is 0 Å². The Bertz CT molecular complexity index is 1170. The molecule has 1 saturated heterocycles. The van der Waals surface area contributed by atoms with Gasteiger partial charge in [-0.1, -0.05) is 40.2 Å². The van der Waals surface area contributed by atoms with Gasteiger partial charge in [-0.15, -0.1) is 6.58 Å². The van der Waals surface area contributed by atoms with Gasteiger partial charge in [0.1, 0.15) is 11.5 Å². The molecule has 30 heavy (non-hydrogen) atoms. The summed E-state index contributed by atoms with van der Waals surface area (Å²) in [7, 11) is 0. The average Bonchev–Trinajstić information content (AvgIpc) is 3.30. The second kappa shape index (κ2) is 8.85. The lowest BCUT2D eigenvalue weighted by molar-refractivity contribution is -0.121. The van der Waals surface area contributed by atoms with E-state index in [1.54, 1.807) is 17.1 Å². The molecule has 0 aliphatic carbocycles. The number of carbonyl (C=O) groups excluding carboxylic acids is 1. The van der Waals surface area contributed by atoms with Crippen LogP contribution in [0, 0.1) is 6.92 Å². The average molecular weight is 480 g/mol.